The van der Waals surface area contributed by atoms with E-state index in [4.69, 9.17) is 0 Å². The normalized spacial score (nSPS) is 20.4. The predicted molar refractivity (Wildman–Crippen MR) is 78.9 cm³/mol. The molecule has 0 amide bonds. The molecule has 1 aromatic carbocycles. The number of rotatable bonds is 3. The van der Waals surface area contributed by atoms with E-state index in [-0.39, 0.29) is 0 Å². The summed E-state index contributed by atoms with van der Waals surface area (Å²) >= 11 is -2.61. The number of hydrogen-bond acceptors (Lipinski definition) is 0. The molecule has 1 atom stereocenters. The van der Waals surface area contributed by atoms with Gasteiger partial charge in [0.05, 0.1) is 0 Å². The standard InChI is InChI=1S/C9H7.C5H5.2CH3.Sn.Zr.H/c1-2-5-9-7-3-6-8(9)4-1;1-2-4-5-3-1;;;;;/h1-7H;1-3H,4H2;2*1H3;;;. The van der Waals surface area contributed by atoms with E-state index in [1.807, 2.05) is 3.28 Å². The third-order valence-electron chi connectivity index (χ3n) is 3.90. The fourth-order valence-electron chi connectivity index (χ4n) is 3.11. The molecule has 0 fully saturated rings. The van der Waals surface area contributed by atoms with Gasteiger partial charge in [-0.2, -0.15) is 0 Å². The van der Waals surface area contributed by atoms with Gasteiger partial charge in [0.25, 0.3) is 0 Å². The Kier molecular flexibility index (Phi) is 4.10. The third-order valence-corrected chi connectivity index (χ3v) is 45.9. The SMILES string of the molecule is [CH3][SnH]([CH3])[Zr]([C]1=CC=CC1)[CH]1C=Cc2ccccc21. The number of allylic oxidation sites excluding steroid dienone is 5. The van der Waals surface area contributed by atoms with Crippen molar-refractivity contribution in [1.29, 1.82) is 0 Å². The second-order valence-corrected chi connectivity index (χ2v) is 46.9. The first-order valence-corrected chi connectivity index (χ1v) is 27.2. The van der Waals surface area contributed by atoms with E-state index in [1.54, 1.807) is 5.56 Å². The van der Waals surface area contributed by atoms with Crippen LogP contribution >= 0.6 is 0 Å². The fourth-order valence-corrected chi connectivity index (χ4v) is 44.6. The van der Waals surface area contributed by atoms with Gasteiger partial charge in [0.15, 0.2) is 0 Å². The van der Waals surface area contributed by atoms with Crippen molar-refractivity contribution < 1.29 is 17.6 Å². The van der Waals surface area contributed by atoms with Crippen LogP contribution in [0.4, 0.5) is 0 Å². The van der Waals surface area contributed by atoms with Crippen LogP contribution in [-0.4, -0.2) is 15.2 Å². The van der Waals surface area contributed by atoms with Crippen LogP contribution in [0.25, 0.3) is 6.08 Å². The van der Waals surface area contributed by atoms with Crippen molar-refractivity contribution in [2.24, 2.45) is 0 Å². The summed E-state index contributed by atoms with van der Waals surface area (Å²) in [6.45, 7) is 0. The molecule has 0 nitrogen and oxygen atoms in total. The van der Waals surface area contributed by atoms with Gasteiger partial charge in [0.1, 0.15) is 0 Å². The molecular weight excluding hydrogens is 402 g/mol. The van der Waals surface area contributed by atoms with Crippen LogP contribution in [0.3, 0.4) is 0 Å². The molecule has 1 aromatic rings. The van der Waals surface area contributed by atoms with Crippen molar-refractivity contribution >= 4 is 21.3 Å². The number of hydrogen-bond donors (Lipinski definition) is 0. The zero-order valence-electron chi connectivity index (χ0n) is 11.1. The fraction of sp³-hybridized carbons (Fsp3) is 0.250. The van der Waals surface area contributed by atoms with Crippen molar-refractivity contribution in [3.63, 3.8) is 0 Å². The van der Waals surface area contributed by atoms with E-state index >= 15 is 0 Å². The van der Waals surface area contributed by atoms with E-state index < -0.39 is 32.8 Å². The summed E-state index contributed by atoms with van der Waals surface area (Å²) in [6, 6.07) is 9.04. The summed E-state index contributed by atoms with van der Waals surface area (Å²) in [4.78, 5) is 5.29. The Balaban J connectivity index is 1.96. The van der Waals surface area contributed by atoms with Crippen LogP contribution < -0.4 is 0 Å². The third kappa shape index (κ3) is 2.41. The van der Waals surface area contributed by atoms with E-state index in [9.17, 15) is 0 Å². The zero-order valence-corrected chi connectivity index (χ0v) is 16.8. The Bertz CT molecular complexity index is 540. The molecular formula is C16H19SnZr. The molecule has 2 aliphatic carbocycles. The summed E-state index contributed by atoms with van der Waals surface area (Å²) in [5, 5.41) is 0. The van der Waals surface area contributed by atoms with E-state index in [0.717, 1.165) is 3.63 Å². The van der Waals surface area contributed by atoms with Crippen molar-refractivity contribution in [1.82, 2.24) is 0 Å². The van der Waals surface area contributed by atoms with Gasteiger partial charge >= 0.3 is 122 Å². The van der Waals surface area contributed by atoms with Crippen molar-refractivity contribution in [3.8, 4) is 0 Å². The summed E-state index contributed by atoms with van der Waals surface area (Å²) in [5.74, 6) is 0. The van der Waals surface area contributed by atoms with Crippen LogP contribution in [-0.2, 0) is 17.6 Å². The minimum atomic E-state index is -1.38. The molecule has 1 unspecified atom stereocenters. The molecule has 91 valence electrons. The van der Waals surface area contributed by atoms with Crippen LogP contribution in [0.2, 0.25) is 9.88 Å². The quantitative estimate of drug-likeness (QED) is 0.642. The summed E-state index contributed by atoms with van der Waals surface area (Å²) < 4.78 is 2.74. The second-order valence-electron chi connectivity index (χ2n) is 5.40. The molecule has 0 aromatic heterocycles. The molecule has 0 heterocycles. The maximum absolute atomic E-state index is 2.64. The summed E-state index contributed by atoms with van der Waals surface area (Å²) in [6.07, 6.45) is 13.3. The first kappa shape index (κ1) is 13.1. The molecule has 0 radical (unpaired) electrons. The molecule has 0 bridgehead atoms. The van der Waals surface area contributed by atoms with Crippen LogP contribution in [0.1, 0.15) is 21.2 Å². The Morgan fingerprint density at radius 3 is 2.78 bits per heavy atom. The average Bonchev–Trinajstić information content (AvgIpc) is 3.00. The molecule has 3 rings (SSSR count). The van der Waals surface area contributed by atoms with Crippen LogP contribution in [0.15, 0.2) is 51.9 Å². The Morgan fingerprint density at radius 2 is 2.06 bits per heavy atom. The molecule has 0 N–H and O–H groups in total. The van der Waals surface area contributed by atoms with Gasteiger partial charge in [-0.3, -0.25) is 0 Å². The number of benzene rings is 1. The first-order chi connectivity index (χ1) is 8.77. The first-order valence-electron chi connectivity index (χ1n) is 6.77. The van der Waals surface area contributed by atoms with Crippen LogP contribution in [0, 0.1) is 0 Å². The number of fused-ring (bicyclic) bond motifs is 1. The maximum atomic E-state index is 2.64. The van der Waals surface area contributed by atoms with E-state index in [2.05, 4.69) is 64.5 Å². The van der Waals surface area contributed by atoms with Crippen LogP contribution in [0.5, 0.6) is 0 Å². The zero-order chi connectivity index (χ0) is 12.5. The van der Waals surface area contributed by atoms with E-state index in [0.29, 0.717) is 0 Å². The van der Waals surface area contributed by atoms with E-state index in [1.165, 1.54) is 12.0 Å². The van der Waals surface area contributed by atoms with Crippen molar-refractivity contribution in [2.45, 2.75) is 19.9 Å². The minimum absolute atomic E-state index is 0.852. The topological polar surface area (TPSA) is 0 Å². The monoisotopic (exact) mass is 421 g/mol. The van der Waals surface area contributed by atoms with Gasteiger partial charge < -0.3 is 0 Å². The second kappa shape index (κ2) is 5.63. The van der Waals surface area contributed by atoms with Gasteiger partial charge in [-0.1, -0.05) is 0 Å². The Hall–Kier alpha value is 0.122. The molecule has 0 saturated carbocycles. The Morgan fingerprint density at radius 1 is 1.22 bits per heavy atom. The van der Waals surface area contributed by atoms with Gasteiger partial charge in [-0.25, -0.2) is 0 Å². The van der Waals surface area contributed by atoms with Gasteiger partial charge in [0, 0.05) is 0 Å². The molecule has 2 aliphatic rings. The molecule has 18 heavy (non-hydrogen) atoms. The van der Waals surface area contributed by atoms with Gasteiger partial charge in [0.2, 0.25) is 0 Å². The molecule has 0 spiro atoms. The van der Waals surface area contributed by atoms with Gasteiger partial charge in [-0.05, 0) is 0 Å². The molecule has 0 saturated heterocycles. The average molecular weight is 421 g/mol. The van der Waals surface area contributed by atoms with Gasteiger partial charge in [-0.15, -0.1) is 0 Å². The summed E-state index contributed by atoms with van der Waals surface area (Å²) in [7, 11) is 0. The molecule has 0 aliphatic heterocycles. The summed E-state index contributed by atoms with van der Waals surface area (Å²) in [5.41, 5.74) is 3.13. The van der Waals surface area contributed by atoms with Crippen molar-refractivity contribution in [3.05, 3.63) is 63.0 Å². The molecule has 2 heteroatoms. The Labute approximate surface area is 120 Å². The predicted octanol–water partition coefficient (Wildman–Crippen LogP) is 4.20. The van der Waals surface area contributed by atoms with Crippen molar-refractivity contribution in [2.75, 3.05) is 0 Å².